The summed E-state index contributed by atoms with van der Waals surface area (Å²) < 4.78 is 0. The van der Waals surface area contributed by atoms with Crippen molar-refractivity contribution in [1.29, 1.82) is 5.26 Å². The molecule has 13 heavy (non-hydrogen) atoms. The van der Waals surface area contributed by atoms with Crippen LogP contribution in [-0.2, 0) is 0 Å². The molecule has 0 saturated carbocycles. The Morgan fingerprint density at radius 2 is 2.31 bits per heavy atom. The van der Waals surface area contributed by atoms with Crippen molar-refractivity contribution < 1.29 is 10.0 Å². The quantitative estimate of drug-likeness (QED) is 0.526. The second-order valence-corrected chi connectivity index (χ2v) is 2.65. The largest absolute Gasteiger partial charge is 0.288 e. The lowest BCUT2D eigenvalue weighted by Crippen LogP contribution is -2.18. The van der Waals surface area contributed by atoms with E-state index in [0.29, 0.717) is 0 Å². The SMILES string of the molecule is N#Cc1ccc(C(=O)NO)cc1Cl. The van der Waals surface area contributed by atoms with Gasteiger partial charge >= 0.3 is 0 Å². The molecule has 1 aromatic carbocycles. The van der Waals surface area contributed by atoms with Gasteiger partial charge in [-0.2, -0.15) is 5.26 Å². The first kappa shape index (κ1) is 9.52. The highest BCUT2D eigenvalue weighted by Crippen LogP contribution is 2.16. The lowest BCUT2D eigenvalue weighted by Gasteiger charge is -1.99. The maximum atomic E-state index is 10.9. The summed E-state index contributed by atoms with van der Waals surface area (Å²) >= 11 is 5.65. The minimum absolute atomic E-state index is 0.184. The smallest absolute Gasteiger partial charge is 0.274 e. The van der Waals surface area contributed by atoms with Crippen molar-refractivity contribution >= 4 is 17.5 Å². The Bertz CT molecular complexity index is 384. The van der Waals surface area contributed by atoms with Crippen LogP contribution in [0.2, 0.25) is 5.02 Å². The molecule has 0 spiro atoms. The average Bonchev–Trinajstić information content (AvgIpc) is 2.16. The van der Waals surface area contributed by atoms with Crippen LogP contribution in [0.5, 0.6) is 0 Å². The Balaban J connectivity index is 3.11. The zero-order valence-electron chi connectivity index (χ0n) is 6.41. The summed E-state index contributed by atoms with van der Waals surface area (Å²) in [5, 5.41) is 17.0. The van der Waals surface area contributed by atoms with Crippen molar-refractivity contribution in [1.82, 2.24) is 5.48 Å². The van der Waals surface area contributed by atoms with Gasteiger partial charge in [-0.25, -0.2) is 5.48 Å². The Labute approximate surface area is 79.3 Å². The van der Waals surface area contributed by atoms with Gasteiger partial charge in [0.05, 0.1) is 10.6 Å². The van der Waals surface area contributed by atoms with E-state index in [-0.39, 0.29) is 16.1 Å². The molecule has 0 aliphatic heterocycles. The van der Waals surface area contributed by atoms with E-state index in [2.05, 4.69) is 0 Å². The van der Waals surface area contributed by atoms with Crippen molar-refractivity contribution in [3.63, 3.8) is 0 Å². The molecule has 1 rings (SSSR count). The molecule has 0 atom stereocenters. The highest BCUT2D eigenvalue weighted by molar-refractivity contribution is 6.32. The molecule has 0 aliphatic rings. The Morgan fingerprint density at radius 1 is 1.62 bits per heavy atom. The number of rotatable bonds is 1. The third-order valence-corrected chi connectivity index (χ3v) is 1.77. The Hall–Kier alpha value is -1.57. The number of hydroxylamine groups is 1. The van der Waals surface area contributed by atoms with Gasteiger partial charge in [-0.3, -0.25) is 10.0 Å². The summed E-state index contributed by atoms with van der Waals surface area (Å²) in [7, 11) is 0. The van der Waals surface area contributed by atoms with Gasteiger partial charge < -0.3 is 0 Å². The molecule has 0 bridgehead atoms. The second kappa shape index (κ2) is 3.90. The standard InChI is InChI=1S/C8H5ClN2O2/c9-7-3-5(8(12)11-13)1-2-6(7)4-10/h1-3,13H,(H,11,12). The number of hydrogen-bond donors (Lipinski definition) is 2. The summed E-state index contributed by atoms with van der Waals surface area (Å²) in [6.45, 7) is 0. The first-order chi connectivity index (χ1) is 6.19. The number of carbonyl (C=O) groups excluding carboxylic acids is 1. The molecular formula is C8H5ClN2O2. The Morgan fingerprint density at radius 3 is 2.77 bits per heavy atom. The number of halogens is 1. The summed E-state index contributed by atoms with van der Waals surface area (Å²) in [6, 6.07) is 5.97. The molecule has 0 aromatic heterocycles. The van der Waals surface area contributed by atoms with E-state index in [1.807, 2.05) is 6.07 Å². The van der Waals surface area contributed by atoms with E-state index in [4.69, 9.17) is 22.1 Å². The van der Waals surface area contributed by atoms with E-state index in [9.17, 15) is 4.79 Å². The predicted octanol–water partition coefficient (Wildman–Crippen LogP) is 1.33. The van der Waals surface area contributed by atoms with Crippen LogP contribution in [0.15, 0.2) is 18.2 Å². The van der Waals surface area contributed by atoms with E-state index in [1.54, 1.807) is 0 Å². The average molecular weight is 197 g/mol. The molecule has 0 radical (unpaired) electrons. The lowest BCUT2D eigenvalue weighted by molar-refractivity contribution is 0.0706. The van der Waals surface area contributed by atoms with Gasteiger partial charge in [-0.15, -0.1) is 0 Å². The molecule has 0 fully saturated rings. The first-order valence-corrected chi connectivity index (χ1v) is 3.71. The van der Waals surface area contributed by atoms with E-state index in [1.165, 1.54) is 23.7 Å². The van der Waals surface area contributed by atoms with Crippen LogP contribution >= 0.6 is 11.6 Å². The predicted molar refractivity (Wildman–Crippen MR) is 45.4 cm³/mol. The molecule has 1 amide bonds. The van der Waals surface area contributed by atoms with Crippen molar-refractivity contribution in [3.05, 3.63) is 34.3 Å². The minimum atomic E-state index is -0.661. The molecule has 1 aromatic rings. The molecule has 0 aliphatic carbocycles. The van der Waals surface area contributed by atoms with Crippen molar-refractivity contribution in [2.45, 2.75) is 0 Å². The van der Waals surface area contributed by atoms with Gasteiger partial charge in [0.1, 0.15) is 6.07 Å². The highest BCUT2D eigenvalue weighted by Gasteiger charge is 2.06. The van der Waals surface area contributed by atoms with Crippen molar-refractivity contribution in [3.8, 4) is 6.07 Å². The third kappa shape index (κ3) is 1.96. The van der Waals surface area contributed by atoms with Crippen LogP contribution < -0.4 is 5.48 Å². The van der Waals surface area contributed by atoms with Gasteiger partial charge in [-0.05, 0) is 18.2 Å². The minimum Gasteiger partial charge on any atom is -0.288 e. The number of nitrogens with zero attached hydrogens (tertiary/aromatic N) is 1. The number of hydrogen-bond acceptors (Lipinski definition) is 3. The molecular weight excluding hydrogens is 192 g/mol. The van der Waals surface area contributed by atoms with Crippen molar-refractivity contribution in [2.24, 2.45) is 0 Å². The Kier molecular flexibility index (Phi) is 2.85. The molecule has 2 N–H and O–H groups in total. The molecule has 5 heteroatoms. The zero-order valence-corrected chi connectivity index (χ0v) is 7.17. The maximum Gasteiger partial charge on any atom is 0.274 e. The molecule has 0 heterocycles. The monoisotopic (exact) mass is 196 g/mol. The number of carbonyl (C=O) groups is 1. The van der Waals surface area contributed by atoms with Gasteiger partial charge in [0.15, 0.2) is 0 Å². The maximum absolute atomic E-state index is 10.9. The highest BCUT2D eigenvalue weighted by atomic mass is 35.5. The molecule has 4 nitrogen and oxygen atoms in total. The van der Waals surface area contributed by atoms with Crippen LogP contribution in [0.3, 0.4) is 0 Å². The molecule has 0 saturated heterocycles. The second-order valence-electron chi connectivity index (χ2n) is 2.25. The zero-order chi connectivity index (χ0) is 9.84. The number of benzene rings is 1. The van der Waals surface area contributed by atoms with Gasteiger partial charge in [0, 0.05) is 5.56 Å². The van der Waals surface area contributed by atoms with E-state index in [0.717, 1.165) is 0 Å². The van der Waals surface area contributed by atoms with Crippen LogP contribution in [0, 0.1) is 11.3 Å². The summed E-state index contributed by atoms with van der Waals surface area (Å²) in [6.07, 6.45) is 0. The fourth-order valence-electron chi connectivity index (χ4n) is 0.812. The van der Waals surface area contributed by atoms with Crippen LogP contribution in [0.1, 0.15) is 15.9 Å². The number of amides is 1. The third-order valence-electron chi connectivity index (χ3n) is 1.45. The van der Waals surface area contributed by atoms with Crippen LogP contribution in [-0.4, -0.2) is 11.1 Å². The normalized spacial score (nSPS) is 9.00. The summed E-state index contributed by atoms with van der Waals surface area (Å²) in [4.78, 5) is 10.9. The fraction of sp³-hybridized carbons (Fsp3) is 0. The van der Waals surface area contributed by atoms with E-state index >= 15 is 0 Å². The number of nitrogens with one attached hydrogen (secondary N) is 1. The van der Waals surface area contributed by atoms with Gasteiger partial charge in [0.25, 0.3) is 5.91 Å². The number of nitriles is 1. The van der Waals surface area contributed by atoms with Gasteiger partial charge in [-0.1, -0.05) is 11.6 Å². The topological polar surface area (TPSA) is 73.1 Å². The van der Waals surface area contributed by atoms with Crippen LogP contribution in [0.4, 0.5) is 0 Å². The molecule has 0 unspecified atom stereocenters. The van der Waals surface area contributed by atoms with Gasteiger partial charge in [0.2, 0.25) is 0 Å². The van der Waals surface area contributed by atoms with E-state index < -0.39 is 5.91 Å². The summed E-state index contributed by atoms with van der Waals surface area (Å²) in [5.41, 5.74) is 1.95. The fourth-order valence-corrected chi connectivity index (χ4v) is 1.03. The molecule has 66 valence electrons. The first-order valence-electron chi connectivity index (χ1n) is 3.33. The summed E-state index contributed by atoms with van der Waals surface area (Å²) in [5.74, 6) is -0.661. The lowest BCUT2D eigenvalue weighted by atomic mass is 10.1. The van der Waals surface area contributed by atoms with Crippen molar-refractivity contribution in [2.75, 3.05) is 0 Å². The van der Waals surface area contributed by atoms with Crippen LogP contribution in [0.25, 0.3) is 0 Å².